The summed E-state index contributed by atoms with van der Waals surface area (Å²) in [6.07, 6.45) is 0.596. The minimum Gasteiger partial charge on any atom is -0.458 e. The van der Waals surface area contributed by atoms with E-state index in [1.807, 2.05) is 60.7 Å². The van der Waals surface area contributed by atoms with Crippen LogP contribution in [-0.4, -0.2) is 10.4 Å². The maximum absolute atomic E-state index is 6.63. The summed E-state index contributed by atoms with van der Waals surface area (Å²) in [4.78, 5) is 5.02. The summed E-state index contributed by atoms with van der Waals surface area (Å²) in [6.45, 7) is 0. The van der Waals surface area contributed by atoms with Crippen LogP contribution in [0.5, 0.6) is 0 Å². The van der Waals surface area contributed by atoms with Crippen LogP contribution >= 0.6 is 0 Å². The van der Waals surface area contributed by atoms with Crippen LogP contribution in [-0.2, 0) is 6.42 Å². The van der Waals surface area contributed by atoms with Crippen LogP contribution in [0.15, 0.2) is 178 Å². The first-order valence-corrected chi connectivity index (χ1v) is 17.1. The fourth-order valence-electron chi connectivity index (χ4n) is 7.52. The van der Waals surface area contributed by atoms with Crippen molar-refractivity contribution in [3.63, 3.8) is 0 Å². The number of nitrogens with two attached hydrogens (primary N) is 1. The van der Waals surface area contributed by atoms with Crippen LogP contribution in [0, 0.1) is 0 Å². The Hall–Kier alpha value is -6.85. The molecule has 51 heavy (non-hydrogen) atoms. The van der Waals surface area contributed by atoms with Crippen LogP contribution in [0.3, 0.4) is 0 Å². The number of nitrogens with zero attached hydrogens (tertiary/aromatic N) is 2. The zero-order chi connectivity index (χ0) is 33.9. The second kappa shape index (κ2) is 11.6. The van der Waals surface area contributed by atoms with Crippen molar-refractivity contribution in [1.82, 2.24) is 4.57 Å². The van der Waals surface area contributed by atoms with Gasteiger partial charge in [-0.25, -0.2) is 4.99 Å². The van der Waals surface area contributed by atoms with Crippen molar-refractivity contribution < 1.29 is 8.83 Å². The van der Waals surface area contributed by atoms with E-state index in [-0.39, 0.29) is 0 Å². The summed E-state index contributed by atoms with van der Waals surface area (Å²) in [5.74, 6) is 1.22. The molecule has 0 atom stereocenters. The first kappa shape index (κ1) is 29.1. The number of para-hydroxylation sites is 2. The SMILES string of the molecule is NC(=Nc1c(Cc2ccccc2)oc2ccc(-c3cccc4oc5ccc(-n6c7ccccc7c7ccccc76)cc5c34)cc12)c1ccccc1. The summed E-state index contributed by atoms with van der Waals surface area (Å²) in [5.41, 5.74) is 17.4. The molecular formula is C46H31N3O2. The molecule has 5 heteroatoms. The molecule has 0 saturated heterocycles. The van der Waals surface area contributed by atoms with Crippen molar-refractivity contribution in [2.75, 3.05) is 0 Å². The second-order valence-corrected chi connectivity index (χ2v) is 12.9. The molecule has 0 saturated carbocycles. The first-order chi connectivity index (χ1) is 25.2. The lowest BCUT2D eigenvalue weighted by Gasteiger charge is -2.09. The molecule has 2 N–H and O–H groups in total. The van der Waals surface area contributed by atoms with Gasteiger partial charge in [-0.2, -0.15) is 0 Å². The minimum atomic E-state index is 0.443. The lowest BCUT2D eigenvalue weighted by Crippen LogP contribution is -2.12. The highest BCUT2D eigenvalue weighted by Gasteiger charge is 2.20. The van der Waals surface area contributed by atoms with Crippen LogP contribution < -0.4 is 5.73 Å². The first-order valence-electron chi connectivity index (χ1n) is 17.1. The molecule has 10 rings (SSSR count). The van der Waals surface area contributed by atoms with Gasteiger partial charge >= 0.3 is 0 Å². The van der Waals surface area contributed by atoms with Gasteiger partial charge in [0.15, 0.2) is 0 Å². The number of aliphatic imine (C=N–C) groups is 1. The standard InChI is InChI=1S/C46H31N3O2/c47-46(30-14-5-2-6-15-30)48-45-37-27-31(22-24-41(37)51-43(45)26-29-12-3-1-4-13-29)33-18-11-21-42-44(33)36-28-32(23-25-40(36)50-42)49-38-19-9-7-16-34(38)35-17-8-10-20-39(35)49/h1-25,27-28H,26H2,(H2,47,48). The topological polar surface area (TPSA) is 69.6 Å². The quantitative estimate of drug-likeness (QED) is 0.143. The molecule has 0 radical (unpaired) electrons. The third-order valence-corrected chi connectivity index (χ3v) is 9.87. The molecule has 3 heterocycles. The molecule has 5 nitrogen and oxygen atoms in total. The van der Waals surface area contributed by atoms with E-state index in [1.54, 1.807) is 0 Å². The van der Waals surface area contributed by atoms with Gasteiger partial charge in [0, 0.05) is 44.6 Å². The zero-order valence-electron chi connectivity index (χ0n) is 27.6. The molecule has 0 fully saturated rings. The van der Waals surface area contributed by atoms with Crippen molar-refractivity contribution in [3.8, 4) is 16.8 Å². The van der Waals surface area contributed by atoms with E-state index in [0.717, 1.165) is 72.3 Å². The van der Waals surface area contributed by atoms with Gasteiger partial charge in [0.25, 0.3) is 0 Å². The largest absolute Gasteiger partial charge is 0.458 e. The van der Waals surface area contributed by atoms with Crippen LogP contribution in [0.25, 0.3) is 71.5 Å². The molecule has 0 bridgehead atoms. The number of hydrogen-bond donors (Lipinski definition) is 1. The number of fused-ring (bicyclic) bond motifs is 7. The van der Waals surface area contributed by atoms with Gasteiger partial charge in [-0.1, -0.05) is 115 Å². The Kier molecular flexibility index (Phi) is 6.64. The minimum absolute atomic E-state index is 0.443. The highest BCUT2D eigenvalue weighted by molar-refractivity contribution is 6.15. The predicted octanol–water partition coefficient (Wildman–Crippen LogP) is 11.7. The molecule has 0 aliphatic carbocycles. The molecule has 7 aromatic carbocycles. The van der Waals surface area contributed by atoms with Gasteiger partial charge in [-0.15, -0.1) is 0 Å². The highest BCUT2D eigenvalue weighted by atomic mass is 16.3. The Balaban J connectivity index is 1.17. The smallest absolute Gasteiger partial charge is 0.136 e. The fourth-order valence-corrected chi connectivity index (χ4v) is 7.52. The number of benzene rings is 7. The Morgan fingerprint density at radius 3 is 1.98 bits per heavy atom. The molecule has 3 aromatic heterocycles. The molecule has 0 spiro atoms. The molecule has 0 amide bonds. The average Bonchev–Trinajstić information content (AvgIpc) is 3.84. The zero-order valence-corrected chi connectivity index (χ0v) is 27.6. The monoisotopic (exact) mass is 657 g/mol. The van der Waals surface area contributed by atoms with Crippen molar-refractivity contribution in [2.45, 2.75) is 6.42 Å². The summed E-state index contributed by atoms with van der Waals surface area (Å²) in [7, 11) is 0. The van der Waals surface area contributed by atoms with Gasteiger partial charge in [-0.05, 0) is 65.2 Å². The number of amidine groups is 1. The second-order valence-electron chi connectivity index (χ2n) is 12.9. The van der Waals surface area contributed by atoms with E-state index in [0.29, 0.717) is 12.3 Å². The summed E-state index contributed by atoms with van der Waals surface area (Å²) in [5, 5.41) is 5.50. The molecular weight excluding hydrogens is 627 g/mol. The van der Waals surface area contributed by atoms with E-state index in [1.165, 1.54) is 21.8 Å². The van der Waals surface area contributed by atoms with Crippen LogP contribution in [0.2, 0.25) is 0 Å². The van der Waals surface area contributed by atoms with Crippen molar-refractivity contribution in [2.24, 2.45) is 10.7 Å². The third kappa shape index (κ3) is 4.82. The Morgan fingerprint density at radius 1 is 0.549 bits per heavy atom. The Bertz CT molecular complexity index is 2890. The van der Waals surface area contributed by atoms with Gasteiger partial charge in [0.2, 0.25) is 0 Å². The maximum atomic E-state index is 6.63. The summed E-state index contributed by atoms with van der Waals surface area (Å²) >= 11 is 0. The van der Waals surface area contributed by atoms with E-state index in [9.17, 15) is 0 Å². The Morgan fingerprint density at radius 2 is 1.22 bits per heavy atom. The van der Waals surface area contributed by atoms with Crippen molar-refractivity contribution in [1.29, 1.82) is 0 Å². The van der Waals surface area contributed by atoms with E-state index >= 15 is 0 Å². The van der Waals surface area contributed by atoms with Crippen molar-refractivity contribution in [3.05, 3.63) is 181 Å². The maximum Gasteiger partial charge on any atom is 0.136 e. The van der Waals surface area contributed by atoms with E-state index < -0.39 is 0 Å². The number of hydrogen-bond acceptors (Lipinski definition) is 3. The number of aromatic nitrogens is 1. The van der Waals surface area contributed by atoms with Gasteiger partial charge in [0.05, 0.1) is 11.0 Å². The van der Waals surface area contributed by atoms with E-state index in [2.05, 4.69) is 108 Å². The fraction of sp³-hybridized carbons (Fsp3) is 0.0217. The molecule has 0 aliphatic heterocycles. The number of furan rings is 2. The lowest BCUT2D eigenvalue weighted by atomic mass is 9.98. The van der Waals surface area contributed by atoms with Gasteiger partial charge < -0.3 is 19.1 Å². The normalized spacial score (nSPS) is 12.2. The molecule has 0 aliphatic rings. The predicted molar refractivity (Wildman–Crippen MR) is 209 cm³/mol. The van der Waals surface area contributed by atoms with Crippen LogP contribution in [0.4, 0.5) is 5.69 Å². The Labute approximate surface area is 293 Å². The lowest BCUT2D eigenvalue weighted by molar-refractivity contribution is 0.564. The number of rotatable bonds is 6. The summed E-state index contributed by atoms with van der Waals surface area (Å²) < 4.78 is 15.3. The van der Waals surface area contributed by atoms with Crippen LogP contribution in [0.1, 0.15) is 16.9 Å². The van der Waals surface area contributed by atoms with Gasteiger partial charge in [-0.3, -0.25) is 0 Å². The molecule has 0 unspecified atom stereocenters. The summed E-state index contributed by atoms with van der Waals surface area (Å²) in [6, 6.07) is 56.5. The van der Waals surface area contributed by atoms with E-state index in [4.69, 9.17) is 19.6 Å². The molecule has 10 aromatic rings. The molecule has 242 valence electrons. The average molecular weight is 658 g/mol. The third-order valence-electron chi connectivity index (χ3n) is 9.87. The van der Waals surface area contributed by atoms with Crippen molar-refractivity contribution >= 4 is 66.2 Å². The highest BCUT2D eigenvalue weighted by Crippen LogP contribution is 2.42. The van der Waals surface area contributed by atoms with Gasteiger partial charge in [0.1, 0.15) is 34.0 Å².